The fourth-order valence-corrected chi connectivity index (χ4v) is 2.89. The number of likely N-dealkylation sites (N-methyl/N-ethyl adjacent to an activating group) is 1. The van der Waals surface area contributed by atoms with Crippen LogP contribution in [0.2, 0.25) is 0 Å². The van der Waals surface area contributed by atoms with Crippen molar-refractivity contribution in [3.63, 3.8) is 0 Å². The Bertz CT molecular complexity index is 382. The Hall–Kier alpha value is -1.34. The number of carbonyl (C=O) groups excluding carboxylic acids is 1. The summed E-state index contributed by atoms with van der Waals surface area (Å²) in [5.41, 5.74) is 0. The SMILES string of the molecule is CC(C(=O)O)N1CCN(C(=O)N2CCCN(C)CC2)CC1. The summed E-state index contributed by atoms with van der Waals surface area (Å²) >= 11 is 0. The van der Waals surface area contributed by atoms with Crippen LogP contribution in [0.1, 0.15) is 13.3 Å². The van der Waals surface area contributed by atoms with Crippen LogP contribution in [-0.4, -0.2) is 102 Å². The molecule has 2 aliphatic heterocycles. The Kier molecular flexibility index (Phi) is 5.41. The predicted octanol–water partition coefficient (Wildman–Crippen LogP) is -0.165. The van der Waals surface area contributed by atoms with Gasteiger partial charge in [0, 0.05) is 45.8 Å². The number of amides is 2. The first kappa shape index (κ1) is 16.0. The first-order valence-corrected chi connectivity index (χ1v) is 7.68. The molecule has 7 nitrogen and oxygen atoms in total. The van der Waals surface area contributed by atoms with Crippen molar-refractivity contribution >= 4 is 12.0 Å². The third kappa shape index (κ3) is 4.07. The summed E-state index contributed by atoms with van der Waals surface area (Å²) in [6.07, 6.45) is 1.01. The molecule has 0 radical (unpaired) electrons. The topological polar surface area (TPSA) is 67.3 Å². The van der Waals surface area contributed by atoms with Crippen LogP contribution in [0.5, 0.6) is 0 Å². The van der Waals surface area contributed by atoms with Gasteiger partial charge < -0.3 is 19.8 Å². The standard InChI is InChI=1S/C14H26N4O3/c1-12(13(19)20)16-8-10-18(11-9-16)14(21)17-5-3-4-15(2)6-7-17/h12H,3-11H2,1-2H3,(H,19,20). The van der Waals surface area contributed by atoms with E-state index < -0.39 is 12.0 Å². The number of carboxylic acid groups (broad SMARTS) is 1. The quantitative estimate of drug-likeness (QED) is 0.767. The number of hydrogen-bond acceptors (Lipinski definition) is 4. The summed E-state index contributed by atoms with van der Waals surface area (Å²) in [7, 11) is 2.08. The molecule has 0 saturated carbocycles. The van der Waals surface area contributed by atoms with Crippen molar-refractivity contribution in [2.24, 2.45) is 0 Å². The third-order valence-electron chi connectivity index (χ3n) is 4.48. The number of aliphatic carboxylic acids is 1. The highest BCUT2D eigenvalue weighted by atomic mass is 16.4. The van der Waals surface area contributed by atoms with Crippen LogP contribution in [0.25, 0.3) is 0 Å². The molecule has 1 N–H and O–H groups in total. The molecule has 21 heavy (non-hydrogen) atoms. The van der Waals surface area contributed by atoms with Crippen LogP contribution in [0, 0.1) is 0 Å². The highest BCUT2D eigenvalue weighted by molar-refractivity contribution is 5.75. The summed E-state index contributed by atoms with van der Waals surface area (Å²) in [5, 5.41) is 9.03. The predicted molar refractivity (Wildman–Crippen MR) is 79.3 cm³/mol. The second kappa shape index (κ2) is 7.09. The van der Waals surface area contributed by atoms with E-state index in [1.165, 1.54) is 0 Å². The fraction of sp³-hybridized carbons (Fsp3) is 0.857. The van der Waals surface area contributed by atoms with Gasteiger partial charge in [-0.2, -0.15) is 0 Å². The summed E-state index contributed by atoms with van der Waals surface area (Å²) in [6.45, 7) is 7.74. The van der Waals surface area contributed by atoms with E-state index in [9.17, 15) is 9.59 Å². The fourth-order valence-electron chi connectivity index (χ4n) is 2.89. The van der Waals surface area contributed by atoms with Gasteiger partial charge in [-0.15, -0.1) is 0 Å². The van der Waals surface area contributed by atoms with Crippen LogP contribution in [0.3, 0.4) is 0 Å². The average molecular weight is 298 g/mol. The van der Waals surface area contributed by atoms with Gasteiger partial charge in [-0.05, 0) is 26.9 Å². The molecule has 2 saturated heterocycles. The Morgan fingerprint density at radius 2 is 1.48 bits per heavy atom. The molecule has 2 aliphatic rings. The van der Waals surface area contributed by atoms with Crippen molar-refractivity contribution in [3.05, 3.63) is 0 Å². The van der Waals surface area contributed by atoms with Gasteiger partial charge in [-0.3, -0.25) is 9.69 Å². The molecule has 0 bridgehead atoms. The molecule has 0 spiro atoms. The zero-order valence-electron chi connectivity index (χ0n) is 13.0. The highest BCUT2D eigenvalue weighted by Gasteiger charge is 2.29. The number of carbonyl (C=O) groups is 2. The number of nitrogens with zero attached hydrogens (tertiary/aromatic N) is 4. The molecule has 2 heterocycles. The van der Waals surface area contributed by atoms with Crippen molar-refractivity contribution < 1.29 is 14.7 Å². The molecule has 1 atom stereocenters. The van der Waals surface area contributed by atoms with Crippen molar-refractivity contribution in [1.82, 2.24) is 19.6 Å². The van der Waals surface area contributed by atoms with Gasteiger partial charge in [0.1, 0.15) is 6.04 Å². The normalized spacial score (nSPS) is 23.7. The minimum atomic E-state index is -0.801. The van der Waals surface area contributed by atoms with Crippen LogP contribution >= 0.6 is 0 Å². The number of piperazine rings is 1. The lowest BCUT2D eigenvalue weighted by atomic mass is 10.2. The number of carboxylic acids is 1. The molecule has 0 aliphatic carbocycles. The third-order valence-corrected chi connectivity index (χ3v) is 4.48. The van der Waals surface area contributed by atoms with Crippen molar-refractivity contribution in [3.8, 4) is 0 Å². The summed E-state index contributed by atoms with van der Waals surface area (Å²) in [6, 6.07) is -0.373. The van der Waals surface area contributed by atoms with E-state index >= 15 is 0 Å². The average Bonchev–Trinajstić information content (AvgIpc) is 2.70. The van der Waals surface area contributed by atoms with Gasteiger partial charge in [0.15, 0.2) is 0 Å². The maximum absolute atomic E-state index is 12.5. The Morgan fingerprint density at radius 1 is 0.905 bits per heavy atom. The van der Waals surface area contributed by atoms with E-state index in [0.29, 0.717) is 26.2 Å². The van der Waals surface area contributed by atoms with Gasteiger partial charge >= 0.3 is 12.0 Å². The maximum Gasteiger partial charge on any atom is 0.320 e. The van der Waals surface area contributed by atoms with E-state index in [1.807, 2.05) is 14.7 Å². The van der Waals surface area contributed by atoms with Crippen LogP contribution in [0.15, 0.2) is 0 Å². The van der Waals surface area contributed by atoms with E-state index in [0.717, 1.165) is 32.6 Å². The van der Waals surface area contributed by atoms with Crippen LogP contribution in [-0.2, 0) is 4.79 Å². The van der Waals surface area contributed by atoms with Gasteiger partial charge in [-0.25, -0.2) is 4.79 Å². The lowest BCUT2D eigenvalue weighted by Gasteiger charge is -2.38. The van der Waals surface area contributed by atoms with E-state index in [2.05, 4.69) is 11.9 Å². The highest BCUT2D eigenvalue weighted by Crippen LogP contribution is 2.11. The lowest BCUT2D eigenvalue weighted by molar-refractivity contribution is -0.143. The second-order valence-corrected chi connectivity index (χ2v) is 5.96. The molecule has 120 valence electrons. The minimum absolute atomic E-state index is 0.105. The minimum Gasteiger partial charge on any atom is -0.480 e. The van der Waals surface area contributed by atoms with Crippen molar-refractivity contribution in [1.29, 1.82) is 0 Å². The maximum atomic E-state index is 12.5. The molecule has 0 aromatic heterocycles. The molecule has 2 fully saturated rings. The second-order valence-electron chi connectivity index (χ2n) is 5.96. The van der Waals surface area contributed by atoms with Crippen LogP contribution < -0.4 is 0 Å². The van der Waals surface area contributed by atoms with Crippen molar-refractivity contribution in [2.75, 3.05) is 59.4 Å². The van der Waals surface area contributed by atoms with Crippen molar-refractivity contribution in [2.45, 2.75) is 19.4 Å². The lowest BCUT2D eigenvalue weighted by Crippen LogP contribution is -2.56. The summed E-state index contributed by atoms with van der Waals surface area (Å²) in [5.74, 6) is -0.801. The smallest absolute Gasteiger partial charge is 0.320 e. The largest absolute Gasteiger partial charge is 0.480 e. The summed E-state index contributed by atoms with van der Waals surface area (Å²) in [4.78, 5) is 31.5. The van der Waals surface area contributed by atoms with Gasteiger partial charge in [0.2, 0.25) is 0 Å². The van der Waals surface area contributed by atoms with E-state index in [4.69, 9.17) is 5.11 Å². The Balaban J connectivity index is 1.84. The van der Waals surface area contributed by atoms with E-state index in [-0.39, 0.29) is 6.03 Å². The number of rotatable bonds is 2. The zero-order chi connectivity index (χ0) is 15.4. The van der Waals surface area contributed by atoms with Gasteiger partial charge in [0.25, 0.3) is 0 Å². The van der Waals surface area contributed by atoms with Gasteiger partial charge in [-0.1, -0.05) is 0 Å². The molecule has 7 heteroatoms. The first-order chi connectivity index (χ1) is 9.99. The number of urea groups is 1. The Labute approximate surface area is 126 Å². The molecular weight excluding hydrogens is 272 g/mol. The molecular formula is C14H26N4O3. The molecule has 0 aromatic carbocycles. The molecule has 2 rings (SSSR count). The summed E-state index contributed by atoms with van der Waals surface area (Å²) < 4.78 is 0. The molecule has 1 unspecified atom stereocenters. The molecule has 2 amide bonds. The first-order valence-electron chi connectivity index (χ1n) is 7.68. The zero-order valence-corrected chi connectivity index (χ0v) is 13.0. The van der Waals surface area contributed by atoms with Gasteiger partial charge in [0.05, 0.1) is 0 Å². The number of hydrogen-bond donors (Lipinski definition) is 1. The molecule has 0 aromatic rings. The van der Waals surface area contributed by atoms with Crippen LogP contribution in [0.4, 0.5) is 4.79 Å². The monoisotopic (exact) mass is 298 g/mol. The van der Waals surface area contributed by atoms with E-state index in [1.54, 1.807) is 6.92 Å². The Morgan fingerprint density at radius 3 is 2.10 bits per heavy atom.